The molecule has 0 aliphatic carbocycles. The molecule has 4 aromatic rings. The lowest BCUT2D eigenvalue weighted by molar-refractivity contribution is 0.0976. The number of pyridine rings is 1. The van der Waals surface area contributed by atoms with Crippen LogP contribution in [0.2, 0.25) is 5.02 Å². The molecule has 0 bridgehead atoms. The number of carbonyl (C=O) groups excluding carboxylic acids is 1. The van der Waals surface area contributed by atoms with Gasteiger partial charge in [0.1, 0.15) is 0 Å². The minimum absolute atomic E-state index is 0.0261. The minimum Gasteiger partial charge on any atom is -0.266 e. The van der Waals surface area contributed by atoms with Gasteiger partial charge >= 0.3 is 0 Å². The Morgan fingerprint density at radius 2 is 1.84 bits per heavy atom. The van der Waals surface area contributed by atoms with Crippen molar-refractivity contribution in [3.8, 4) is 11.3 Å². The number of amides is 1. The van der Waals surface area contributed by atoms with Crippen molar-refractivity contribution in [3.05, 3.63) is 76.7 Å². The van der Waals surface area contributed by atoms with Gasteiger partial charge in [-0.3, -0.25) is 9.48 Å². The topological polar surface area (TPSA) is 98.4 Å². The van der Waals surface area contributed by atoms with E-state index in [-0.39, 0.29) is 11.4 Å². The first kappa shape index (κ1) is 21.1. The Balaban J connectivity index is 1.68. The summed E-state index contributed by atoms with van der Waals surface area (Å²) in [5.41, 5.74) is 4.12. The summed E-state index contributed by atoms with van der Waals surface area (Å²) in [5, 5.41) is 9.54. The van der Waals surface area contributed by atoms with Crippen LogP contribution in [0.5, 0.6) is 0 Å². The molecule has 160 valence electrons. The summed E-state index contributed by atoms with van der Waals surface area (Å²) < 4.78 is 28.8. The van der Waals surface area contributed by atoms with E-state index in [1.807, 2.05) is 47.2 Å². The van der Waals surface area contributed by atoms with E-state index in [1.165, 1.54) is 6.92 Å². The van der Waals surface area contributed by atoms with Crippen LogP contribution in [0.3, 0.4) is 0 Å². The predicted octanol–water partition coefficient (Wildman–Crippen LogP) is 3.29. The smallest absolute Gasteiger partial charge is 0.266 e. The van der Waals surface area contributed by atoms with E-state index in [0.717, 1.165) is 22.5 Å². The molecule has 0 spiro atoms. The number of nitrogens with zero attached hydrogens (tertiary/aromatic N) is 4. The highest BCUT2D eigenvalue weighted by molar-refractivity contribution is 7.90. The number of carbonyl (C=O) groups is 1. The molecule has 31 heavy (non-hydrogen) atoms. The summed E-state index contributed by atoms with van der Waals surface area (Å²) in [6.07, 6.45) is 0. The highest BCUT2D eigenvalue weighted by atomic mass is 35.5. The Hall–Kier alpha value is -3.17. The molecule has 1 aromatic carbocycles. The quantitative estimate of drug-likeness (QED) is 0.479. The summed E-state index contributed by atoms with van der Waals surface area (Å²) in [6.45, 7) is 3.54. The van der Waals surface area contributed by atoms with E-state index in [4.69, 9.17) is 16.7 Å². The summed E-state index contributed by atoms with van der Waals surface area (Å²) >= 11 is 6.33. The van der Waals surface area contributed by atoms with Gasteiger partial charge in [0.15, 0.2) is 5.69 Å². The van der Waals surface area contributed by atoms with Gasteiger partial charge in [-0.25, -0.2) is 17.7 Å². The monoisotopic (exact) mass is 457 g/mol. The van der Waals surface area contributed by atoms with Crippen LogP contribution in [0.1, 0.15) is 28.8 Å². The fraction of sp³-hybridized carbons (Fsp3) is 0.190. The number of nitrogens with one attached hydrogen (secondary N) is 1. The van der Waals surface area contributed by atoms with Crippen LogP contribution in [0, 0.1) is 6.92 Å². The van der Waals surface area contributed by atoms with E-state index >= 15 is 0 Å². The Morgan fingerprint density at radius 3 is 2.55 bits per heavy atom. The third kappa shape index (κ3) is 4.47. The first-order valence-electron chi connectivity index (χ1n) is 9.58. The first-order valence-corrected chi connectivity index (χ1v) is 11.6. The minimum atomic E-state index is -3.67. The van der Waals surface area contributed by atoms with Crippen LogP contribution >= 0.6 is 11.6 Å². The fourth-order valence-electron chi connectivity index (χ4n) is 3.19. The van der Waals surface area contributed by atoms with Gasteiger partial charge < -0.3 is 0 Å². The zero-order chi connectivity index (χ0) is 22.2. The average Bonchev–Trinajstić information content (AvgIpc) is 3.32. The molecule has 1 amide bonds. The van der Waals surface area contributed by atoms with Crippen LogP contribution in [0.15, 0.2) is 54.6 Å². The van der Waals surface area contributed by atoms with Gasteiger partial charge in [-0.15, -0.1) is 0 Å². The third-order valence-electron chi connectivity index (χ3n) is 4.82. The normalized spacial score (nSPS) is 11.7. The van der Waals surface area contributed by atoms with Gasteiger partial charge in [-0.2, -0.15) is 10.2 Å². The number of fused-ring (bicyclic) bond motifs is 1. The van der Waals surface area contributed by atoms with Crippen LogP contribution in [-0.2, 0) is 16.6 Å². The number of aromatic nitrogens is 4. The number of sulfonamides is 1. The van der Waals surface area contributed by atoms with Crippen molar-refractivity contribution in [2.45, 2.75) is 20.4 Å². The van der Waals surface area contributed by atoms with Crippen molar-refractivity contribution in [2.75, 3.05) is 5.75 Å². The zero-order valence-electron chi connectivity index (χ0n) is 16.9. The van der Waals surface area contributed by atoms with E-state index in [1.54, 1.807) is 28.3 Å². The van der Waals surface area contributed by atoms with Gasteiger partial charge in [0.05, 0.1) is 29.2 Å². The number of hydrogen-bond donors (Lipinski definition) is 1. The number of hydrogen-bond acceptors (Lipinski definition) is 5. The maximum atomic E-state index is 12.3. The fourth-order valence-corrected chi connectivity index (χ4v) is 3.96. The standard InChI is InChI=1S/C21H20ClN5O3S/c1-3-31(29,30)25-21(28)20-9-14(2)26(23-20)13-18-11-16(22)10-17-12-19(24-27(17)18)15-7-5-4-6-8-15/h4-12H,3,13H2,1-2H3,(H,25,28). The number of rotatable bonds is 6. The van der Waals surface area contributed by atoms with Gasteiger partial charge in [0, 0.05) is 16.3 Å². The first-order chi connectivity index (χ1) is 14.8. The van der Waals surface area contributed by atoms with Crippen LogP contribution in [0.4, 0.5) is 0 Å². The summed E-state index contributed by atoms with van der Waals surface area (Å²) in [7, 11) is -3.67. The maximum Gasteiger partial charge on any atom is 0.285 e. The van der Waals surface area contributed by atoms with Crippen molar-refractivity contribution in [3.63, 3.8) is 0 Å². The highest BCUT2D eigenvalue weighted by Gasteiger charge is 2.18. The molecule has 3 heterocycles. The van der Waals surface area contributed by atoms with E-state index in [2.05, 4.69) is 5.10 Å². The summed E-state index contributed by atoms with van der Waals surface area (Å²) in [5.74, 6) is -0.951. The Morgan fingerprint density at radius 1 is 1.10 bits per heavy atom. The average molecular weight is 458 g/mol. The van der Waals surface area contributed by atoms with Gasteiger partial charge in [0.2, 0.25) is 10.0 Å². The third-order valence-corrected chi connectivity index (χ3v) is 6.30. The SMILES string of the molecule is CCS(=O)(=O)NC(=O)c1cc(C)n(Cc2cc(Cl)cc3cc(-c4ccccc4)nn23)n1. The van der Waals surface area contributed by atoms with Crippen molar-refractivity contribution >= 4 is 33.0 Å². The van der Waals surface area contributed by atoms with Gasteiger partial charge in [0.25, 0.3) is 5.91 Å². The molecule has 0 saturated carbocycles. The molecule has 0 aliphatic heterocycles. The second kappa shape index (κ2) is 8.16. The van der Waals surface area contributed by atoms with Gasteiger partial charge in [-0.05, 0) is 38.1 Å². The molecular weight excluding hydrogens is 438 g/mol. The van der Waals surface area contributed by atoms with E-state index in [0.29, 0.717) is 17.3 Å². The molecule has 0 atom stereocenters. The maximum absolute atomic E-state index is 12.3. The molecule has 0 radical (unpaired) electrons. The number of aryl methyl sites for hydroxylation is 1. The molecule has 3 aromatic heterocycles. The van der Waals surface area contributed by atoms with Crippen LogP contribution in [-0.4, -0.2) is 39.5 Å². The highest BCUT2D eigenvalue weighted by Crippen LogP contribution is 2.24. The lowest BCUT2D eigenvalue weighted by Gasteiger charge is -2.08. The Labute approximate surface area is 184 Å². The molecule has 0 saturated heterocycles. The van der Waals surface area contributed by atoms with Crippen molar-refractivity contribution < 1.29 is 13.2 Å². The molecule has 1 N–H and O–H groups in total. The molecule has 8 nitrogen and oxygen atoms in total. The summed E-state index contributed by atoms with van der Waals surface area (Å²) in [4.78, 5) is 12.3. The molecule has 0 unspecified atom stereocenters. The summed E-state index contributed by atoms with van der Waals surface area (Å²) in [6, 6.07) is 16.9. The largest absolute Gasteiger partial charge is 0.285 e. The molecule has 0 fully saturated rings. The molecule has 10 heteroatoms. The second-order valence-corrected chi connectivity index (χ2v) is 9.51. The molecular formula is C21H20ClN5O3S. The zero-order valence-corrected chi connectivity index (χ0v) is 18.5. The van der Waals surface area contributed by atoms with E-state index < -0.39 is 15.9 Å². The Kier molecular flexibility index (Phi) is 5.55. The van der Waals surface area contributed by atoms with Crippen LogP contribution in [0.25, 0.3) is 16.8 Å². The molecule has 4 rings (SSSR count). The van der Waals surface area contributed by atoms with Gasteiger partial charge in [-0.1, -0.05) is 41.9 Å². The predicted molar refractivity (Wildman–Crippen MR) is 119 cm³/mol. The lowest BCUT2D eigenvalue weighted by Crippen LogP contribution is -2.32. The van der Waals surface area contributed by atoms with E-state index in [9.17, 15) is 13.2 Å². The lowest BCUT2D eigenvalue weighted by atomic mass is 10.1. The Bertz CT molecular complexity index is 1380. The molecule has 0 aliphatic rings. The van der Waals surface area contributed by atoms with Crippen molar-refractivity contribution in [1.29, 1.82) is 0 Å². The van der Waals surface area contributed by atoms with Crippen molar-refractivity contribution in [2.24, 2.45) is 0 Å². The van der Waals surface area contributed by atoms with Crippen molar-refractivity contribution in [1.82, 2.24) is 24.1 Å². The van der Waals surface area contributed by atoms with Crippen LogP contribution < -0.4 is 4.72 Å². The number of benzene rings is 1. The second-order valence-electron chi connectivity index (χ2n) is 7.06. The number of halogens is 1.